The van der Waals surface area contributed by atoms with Gasteiger partial charge < -0.3 is 5.73 Å². The van der Waals surface area contributed by atoms with Crippen LogP contribution in [0.5, 0.6) is 0 Å². The number of nitrogens with two attached hydrogens (primary N) is 1. The largest absolute Gasteiger partial charge is 0.381 e. The molecule has 1 aromatic rings. The van der Waals surface area contributed by atoms with Crippen LogP contribution >= 0.6 is 11.6 Å². The van der Waals surface area contributed by atoms with E-state index in [1.807, 2.05) is 0 Å². The van der Waals surface area contributed by atoms with Crippen LogP contribution in [-0.2, 0) is 6.42 Å². The molecule has 56 valence electrons. The minimum absolute atomic E-state index is 0.394. The first kappa shape index (κ1) is 7.41. The van der Waals surface area contributed by atoms with E-state index in [2.05, 4.69) is 17.1 Å². The van der Waals surface area contributed by atoms with Gasteiger partial charge in [0.05, 0.1) is 5.69 Å². The number of nitrogens with one attached hydrogen (secondary N) is 1. The molecule has 0 atom stereocenters. The smallest absolute Gasteiger partial charge is 0.164 e. The van der Waals surface area contributed by atoms with Crippen molar-refractivity contribution in [3.63, 3.8) is 0 Å². The van der Waals surface area contributed by atoms with Crippen LogP contribution in [-0.4, -0.2) is 10.2 Å². The molecule has 0 spiro atoms. The van der Waals surface area contributed by atoms with Crippen LogP contribution in [0.1, 0.15) is 19.0 Å². The second-order valence-electron chi connectivity index (χ2n) is 2.15. The Kier molecular flexibility index (Phi) is 2.17. The summed E-state index contributed by atoms with van der Waals surface area (Å²) in [4.78, 5) is 0. The lowest BCUT2D eigenvalue weighted by Crippen LogP contribution is -1.84. The third kappa shape index (κ3) is 1.24. The molecule has 3 nitrogen and oxygen atoms in total. The van der Waals surface area contributed by atoms with Crippen LogP contribution in [0.3, 0.4) is 0 Å². The van der Waals surface area contributed by atoms with E-state index in [0.717, 1.165) is 18.5 Å². The molecule has 0 saturated heterocycles. The summed E-state index contributed by atoms with van der Waals surface area (Å²) in [7, 11) is 0. The lowest BCUT2D eigenvalue weighted by Gasteiger charge is -1.91. The van der Waals surface area contributed by atoms with E-state index in [9.17, 15) is 0 Å². The number of hydrogen-bond donors (Lipinski definition) is 2. The monoisotopic (exact) mass is 159 g/mol. The number of anilines is 1. The average Bonchev–Trinajstić information content (AvgIpc) is 2.20. The predicted molar refractivity (Wildman–Crippen MR) is 42.0 cm³/mol. The van der Waals surface area contributed by atoms with Gasteiger partial charge in [0, 0.05) is 0 Å². The van der Waals surface area contributed by atoms with Gasteiger partial charge in [-0.05, 0) is 6.42 Å². The first-order valence-electron chi connectivity index (χ1n) is 3.24. The summed E-state index contributed by atoms with van der Waals surface area (Å²) in [5, 5.41) is 7.09. The molecule has 1 rings (SSSR count). The number of aromatic amines is 1. The molecule has 0 saturated carbocycles. The molecule has 0 aliphatic heterocycles. The van der Waals surface area contributed by atoms with Crippen molar-refractivity contribution in [2.45, 2.75) is 19.8 Å². The topological polar surface area (TPSA) is 54.7 Å². The number of halogens is 1. The van der Waals surface area contributed by atoms with Crippen molar-refractivity contribution >= 4 is 17.4 Å². The Morgan fingerprint density at radius 1 is 1.70 bits per heavy atom. The van der Waals surface area contributed by atoms with Crippen LogP contribution in [0.2, 0.25) is 5.02 Å². The molecule has 3 N–H and O–H groups in total. The Morgan fingerprint density at radius 2 is 2.40 bits per heavy atom. The number of nitrogens with zero attached hydrogens (tertiary/aromatic N) is 1. The third-order valence-electron chi connectivity index (χ3n) is 1.30. The normalized spacial score (nSPS) is 10.2. The lowest BCUT2D eigenvalue weighted by atomic mass is 10.2. The molecule has 0 aliphatic carbocycles. The van der Waals surface area contributed by atoms with Crippen LogP contribution in [0.4, 0.5) is 5.82 Å². The first-order valence-corrected chi connectivity index (χ1v) is 3.61. The van der Waals surface area contributed by atoms with Crippen molar-refractivity contribution in [2.75, 3.05) is 5.73 Å². The molecular formula is C6H10ClN3. The molecule has 0 aromatic carbocycles. The molecule has 0 radical (unpaired) electrons. The molecule has 0 bridgehead atoms. The Hall–Kier alpha value is -0.700. The number of nitrogen functional groups attached to an aromatic ring is 1. The van der Waals surface area contributed by atoms with Gasteiger partial charge in [-0.15, -0.1) is 0 Å². The van der Waals surface area contributed by atoms with Gasteiger partial charge in [-0.3, -0.25) is 5.10 Å². The summed E-state index contributed by atoms with van der Waals surface area (Å²) in [6.45, 7) is 2.08. The van der Waals surface area contributed by atoms with Crippen molar-refractivity contribution < 1.29 is 0 Å². The van der Waals surface area contributed by atoms with Gasteiger partial charge in [0.25, 0.3) is 0 Å². The maximum atomic E-state index is 5.77. The Labute approximate surface area is 64.6 Å². The zero-order valence-corrected chi connectivity index (χ0v) is 6.57. The number of rotatable bonds is 2. The molecule has 10 heavy (non-hydrogen) atoms. The zero-order valence-electron chi connectivity index (χ0n) is 5.82. The highest BCUT2D eigenvalue weighted by Crippen LogP contribution is 2.20. The van der Waals surface area contributed by atoms with Crippen LogP contribution in [0.15, 0.2) is 0 Å². The van der Waals surface area contributed by atoms with Crippen molar-refractivity contribution in [1.82, 2.24) is 10.2 Å². The van der Waals surface area contributed by atoms with Crippen molar-refractivity contribution in [3.8, 4) is 0 Å². The van der Waals surface area contributed by atoms with E-state index >= 15 is 0 Å². The van der Waals surface area contributed by atoms with Gasteiger partial charge in [-0.2, -0.15) is 5.10 Å². The molecule has 4 heteroatoms. The molecule has 1 heterocycles. The minimum atomic E-state index is 0.394. The highest BCUT2D eigenvalue weighted by atomic mass is 35.5. The van der Waals surface area contributed by atoms with Crippen LogP contribution in [0.25, 0.3) is 0 Å². The number of aromatic nitrogens is 2. The SMILES string of the molecule is CCCc1[nH]nc(N)c1Cl. The van der Waals surface area contributed by atoms with E-state index in [1.54, 1.807) is 0 Å². The fraction of sp³-hybridized carbons (Fsp3) is 0.500. The van der Waals surface area contributed by atoms with E-state index in [0.29, 0.717) is 10.8 Å². The van der Waals surface area contributed by atoms with Crippen LogP contribution < -0.4 is 5.73 Å². The van der Waals surface area contributed by atoms with Gasteiger partial charge in [-0.1, -0.05) is 24.9 Å². The Morgan fingerprint density at radius 3 is 2.80 bits per heavy atom. The number of H-pyrrole nitrogens is 1. The summed E-state index contributed by atoms with van der Waals surface area (Å²) < 4.78 is 0. The second-order valence-corrected chi connectivity index (χ2v) is 2.53. The maximum absolute atomic E-state index is 5.77. The quantitative estimate of drug-likeness (QED) is 0.689. The number of aryl methyl sites for hydroxylation is 1. The van der Waals surface area contributed by atoms with Gasteiger partial charge in [0.2, 0.25) is 0 Å². The van der Waals surface area contributed by atoms with Gasteiger partial charge >= 0.3 is 0 Å². The maximum Gasteiger partial charge on any atom is 0.164 e. The Bertz CT molecular complexity index is 219. The van der Waals surface area contributed by atoms with Crippen molar-refractivity contribution in [2.24, 2.45) is 0 Å². The first-order chi connectivity index (χ1) is 4.75. The van der Waals surface area contributed by atoms with Crippen molar-refractivity contribution in [1.29, 1.82) is 0 Å². The summed E-state index contributed by atoms with van der Waals surface area (Å²) >= 11 is 5.77. The van der Waals surface area contributed by atoms with Crippen molar-refractivity contribution in [3.05, 3.63) is 10.7 Å². The van der Waals surface area contributed by atoms with Gasteiger partial charge in [0.15, 0.2) is 5.82 Å². The average molecular weight is 160 g/mol. The molecule has 0 aliphatic rings. The highest BCUT2D eigenvalue weighted by molar-refractivity contribution is 6.33. The van der Waals surface area contributed by atoms with E-state index in [-0.39, 0.29) is 0 Å². The zero-order chi connectivity index (χ0) is 7.56. The van der Waals surface area contributed by atoms with E-state index in [4.69, 9.17) is 17.3 Å². The van der Waals surface area contributed by atoms with Crippen LogP contribution in [0, 0.1) is 0 Å². The van der Waals surface area contributed by atoms with Gasteiger partial charge in [-0.25, -0.2) is 0 Å². The summed E-state index contributed by atoms with van der Waals surface area (Å²) in [6, 6.07) is 0. The summed E-state index contributed by atoms with van der Waals surface area (Å²) in [5.74, 6) is 0.394. The Balaban J connectivity index is 2.83. The summed E-state index contributed by atoms with van der Waals surface area (Å²) in [5.41, 5.74) is 6.33. The summed E-state index contributed by atoms with van der Waals surface area (Å²) in [6.07, 6.45) is 1.95. The lowest BCUT2D eigenvalue weighted by molar-refractivity contribution is 0.867. The minimum Gasteiger partial charge on any atom is -0.381 e. The van der Waals surface area contributed by atoms with Gasteiger partial charge in [0.1, 0.15) is 5.02 Å². The fourth-order valence-corrected chi connectivity index (χ4v) is 0.975. The standard InChI is InChI=1S/C6H10ClN3/c1-2-3-4-5(7)6(8)10-9-4/h2-3H2,1H3,(H3,8,9,10). The molecule has 0 amide bonds. The highest BCUT2D eigenvalue weighted by Gasteiger charge is 2.05. The molecular weight excluding hydrogens is 150 g/mol. The fourth-order valence-electron chi connectivity index (χ4n) is 0.796. The third-order valence-corrected chi connectivity index (χ3v) is 1.72. The number of hydrogen-bond acceptors (Lipinski definition) is 2. The molecule has 0 fully saturated rings. The van der Waals surface area contributed by atoms with E-state index < -0.39 is 0 Å². The predicted octanol–water partition coefficient (Wildman–Crippen LogP) is 1.60. The molecule has 0 unspecified atom stereocenters. The second kappa shape index (κ2) is 2.92. The van der Waals surface area contributed by atoms with E-state index in [1.165, 1.54) is 0 Å². The molecule has 1 aromatic heterocycles.